The Bertz CT molecular complexity index is 1400. The second kappa shape index (κ2) is 61.1. The number of carbonyl (C=O) groups is 3. The first-order valence-electron chi connectivity index (χ1n) is 31.1. The molecule has 0 aliphatic carbocycles. The molecule has 0 aliphatic rings. The van der Waals surface area contributed by atoms with E-state index in [0.717, 1.165) is 116 Å². The first-order valence-corrected chi connectivity index (χ1v) is 31.1. The first kappa shape index (κ1) is 69.6. The number of carbonyl (C=O) groups excluding carboxylic acids is 3. The van der Waals surface area contributed by atoms with Gasteiger partial charge in [0.15, 0.2) is 6.10 Å². The van der Waals surface area contributed by atoms with Crippen LogP contribution in [0.5, 0.6) is 0 Å². The molecule has 0 amide bonds. The quantitative estimate of drug-likeness (QED) is 0.0261. The molecule has 1 atom stereocenters. The lowest BCUT2D eigenvalue weighted by Crippen LogP contribution is -2.30. The van der Waals surface area contributed by atoms with Crippen LogP contribution in [0.2, 0.25) is 0 Å². The summed E-state index contributed by atoms with van der Waals surface area (Å²) in [5.41, 5.74) is 0. The highest BCUT2D eigenvalue weighted by Crippen LogP contribution is 2.16. The molecule has 0 fully saturated rings. The highest BCUT2D eigenvalue weighted by atomic mass is 16.6. The molecule has 0 aromatic rings. The summed E-state index contributed by atoms with van der Waals surface area (Å²) in [7, 11) is 0. The van der Waals surface area contributed by atoms with Gasteiger partial charge in [0.2, 0.25) is 0 Å². The Labute approximate surface area is 452 Å². The van der Waals surface area contributed by atoms with Gasteiger partial charge >= 0.3 is 17.9 Å². The van der Waals surface area contributed by atoms with E-state index in [1.165, 1.54) is 148 Å². The van der Waals surface area contributed by atoms with E-state index in [0.29, 0.717) is 19.3 Å². The van der Waals surface area contributed by atoms with Crippen LogP contribution in [0.15, 0.2) is 85.1 Å². The van der Waals surface area contributed by atoms with Crippen molar-refractivity contribution in [1.29, 1.82) is 0 Å². The molecular formula is C67H116O6. The van der Waals surface area contributed by atoms with Gasteiger partial charge < -0.3 is 14.2 Å². The second-order valence-corrected chi connectivity index (χ2v) is 20.6. The van der Waals surface area contributed by atoms with Crippen LogP contribution in [0.4, 0.5) is 0 Å². The zero-order valence-corrected chi connectivity index (χ0v) is 48.1. The summed E-state index contributed by atoms with van der Waals surface area (Å²) >= 11 is 0. The average Bonchev–Trinajstić information content (AvgIpc) is 3.39. The maximum atomic E-state index is 12.8. The van der Waals surface area contributed by atoms with Crippen molar-refractivity contribution in [3.8, 4) is 0 Å². The molecular weight excluding hydrogens is 901 g/mol. The molecule has 0 aromatic carbocycles. The van der Waals surface area contributed by atoms with E-state index in [4.69, 9.17) is 14.2 Å². The summed E-state index contributed by atoms with van der Waals surface area (Å²) in [5.74, 6) is -0.890. The molecule has 6 heteroatoms. The van der Waals surface area contributed by atoms with E-state index in [1.807, 2.05) is 0 Å². The molecule has 73 heavy (non-hydrogen) atoms. The number of esters is 3. The van der Waals surface area contributed by atoms with Gasteiger partial charge in [-0.05, 0) is 96.3 Å². The lowest BCUT2D eigenvalue weighted by Gasteiger charge is -2.18. The van der Waals surface area contributed by atoms with Gasteiger partial charge in [-0.2, -0.15) is 0 Å². The van der Waals surface area contributed by atoms with E-state index in [1.54, 1.807) is 0 Å². The molecule has 0 spiro atoms. The molecule has 0 aliphatic heterocycles. The molecule has 420 valence electrons. The van der Waals surface area contributed by atoms with Crippen molar-refractivity contribution in [2.45, 2.75) is 309 Å². The van der Waals surface area contributed by atoms with Crippen molar-refractivity contribution >= 4 is 17.9 Å². The van der Waals surface area contributed by atoms with Gasteiger partial charge in [0.1, 0.15) is 13.2 Å². The van der Waals surface area contributed by atoms with Crippen molar-refractivity contribution in [2.24, 2.45) is 0 Å². The predicted molar refractivity (Wildman–Crippen MR) is 316 cm³/mol. The van der Waals surface area contributed by atoms with E-state index in [-0.39, 0.29) is 31.1 Å². The highest BCUT2D eigenvalue weighted by molar-refractivity contribution is 5.71. The Hall–Kier alpha value is -3.41. The molecule has 6 nitrogen and oxygen atoms in total. The number of hydrogen-bond acceptors (Lipinski definition) is 6. The minimum absolute atomic E-state index is 0.0785. The third-order valence-electron chi connectivity index (χ3n) is 13.4. The Morgan fingerprint density at radius 3 is 0.863 bits per heavy atom. The normalized spacial score (nSPS) is 12.6. The van der Waals surface area contributed by atoms with Gasteiger partial charge in [0.05, 0.1) is 0 Å². The fourth-order valence-corrected chi connectivity index (χ4v) is 8.74. The Kier molecular flexibility index (Phi) is 58.3. The van der Waals surface area contributed by atoms with Crippen LogP contribution in [-0.4, -0.2) is 37.2 Å². The fraction of sp³-hybridized carbons (Fsp3) is 0.746. The lowest BCUT2D eigenvalue weighted by atomic mass is 10.0. The van der Waals surface area contributed by atoms with Crippen LogP contribution in [-0.2, 0) is 28.6 Å². The van der Waals surface area contributed by atoms with Gasteiger partial charge in [-0.25, -0.2) is 0 Å². The van der Waals surface area contributed by atoms with Crippen LogP contribution in [0.3, 0.4) is 0 Å². The largest absolute Gasteiger partial charge is 0.462 e. The minimum atomic E-state index is -0.778. The molecule has 0 aromatic heterocycles. The van der Waals surface area contributed by atoms with Crippen LogP contribution in [0.1, 0.15) is 303 Å². The van der Waals surface area contributed by atoms with Crippen LogP contribution >= 0.6 is 0 Å². The Morgan fingerprint density at radius 2 is 0.534 bits per heavy atom. The summed E-state index contributed by atoms with van der Waals surface area (Å²) < 4.78 is 16.8. The summed E-state index contributed by atoms with van der Waals surface area (Å²) in [6.07, 6.45) is 80.5. The SMILES string of the molecule is CC/C=C\C/C=C\C/C=C\C/C=C\C/C=C\CCCCCCCCCCCCCCCCCCCC(=O)OCC(COC(=O)CCCCCCCCC)OC(=O)CCCCCCC/C=C\C/C=C\CCCCC. The first-order chi connectivity index (χ1) is 36.0. The summed E-state index contributed by atoms with van der Waals surface area (Å²) in [6, 6.07) is 0. The van der Waals surface area contributed by atoms with Crippen LogP contribution in [0, 0.1) is 0 Å². The highest BCUT2D eigenvalue weighted by Gasteiger charge is 2.19. The molecule has 0 heterocycles. The molecule has 0 saturated heterocycles. The predicted octanol–water partition coefficient (Wildman–Crippen LogP) is 21.1. The summed E-state index contributed by atoms with van der Waals surface area (Å²) in [5, 5.41) is 0. The van der Waals surface area contributed by atoms with Crippen molar-refractivity contribution < 1.29 is 28.6 Å². The third-order valence-corrected chi connectivity index (χ3v) is 13.4. The van der Waals surface area contributed by atoms with Gasteiger partial charge in [0.25, 0.3) is 0 Å². The van der Waals surface area contributed by atoms with Gasteiger partial charge in [0, 0.05) is 19.3 Å². The minimum Gasteiger partial charge on any atom is -0.462 e. The third kappa shape index (κ3) is 59.3. The molecule has 1 unspecified atom stereocenters. The Morgan fingerprint density at radius 1 is 0.288 bits per heavy atom. The second-order valence-electron chi connectivity index (χ2n) is 20.6. The van der Waals surface area contributed by atoms with Crippen molar-refractivity contribution in [3.63, 3.8) is 0 Å². The van der Waals surface area contributed by atoms with Gasteiger partial charge in [-0.3, -0.25) is 14.4 Å². The maximum absolute atomic E-state index is 12.8. The number of allylic oxidation sites excluding steroid dienone is 14. The van der Waals surface area contributed by atoms with E-state index < -0.39 is 6.10 Å². The molecule has 0 saturated carbocycles. The van der Waals surface area contributed by atoms with Crippen molar-refractivity contribution in [2.75, 3.05) is 13.2 Å². The zero-order chi connectivity index (χ0) is 52.9. The number of hydrogen-bond donors (Lipinski definition) is 0. The van der Waals surface area contributed by atoms with Crippen molar-refractivity contribution in [3.05, 3.63) is 85.1 Å². The van der Waals surface area contributed by atoms with E-state index in [9.17, 15) is 14.4 Å². The molecule has 0 bridgehead atoms. The van der Waals surface area contributed by atoms with Crippen LogP contribution < -0.4 is 0 Å². The monoisotopic (exact) mass is 1020 g/mol. The molecule has 0 radical (unpaired) electrons. The number of unbranched alkanes of at least 4 members (excludes halogenated alkanes) is 31. The number of ether oxygens (including phenoxy) is 3. The molecule has 0 rings (SSSR count). The standard InChI is InChI=1S/C67H116O6/c1-4-7-10-13-16-18-20-22-24-25-26-27-28-29-30-31-32-33-34-35-36-37-38-39-40-41-43-44-46-48-51-54-57-60-66(69)72-63-64(62-71-65(68)59-56-53-50-15-12-9-6-3)73-67(70)61-58-55-52-49-47-45-42-23-21-19-17-14-11-8-5-2/h7,10,16-19,22-24,26-27,29-30,42,64H,4-6,8-9,11-15,20-21,25,28,31-41,43-63H2,1-3H3/b10-7-,18-16-,19-17-,24-22-,27-26-,30-29-,42-23-. The fourth-order valence-electron chi connectivity index (χ4n) is 8.74. The number of rotatable bonds is 56. The van der Waals surface area contributed by atoms with Gasteiger partial charge in [-0.1, -0.05) is 273 Å². The smallest absolute Gasteiger partial charge is 0.306 e. The average molecular weight is 1020 g/mol. The maximum Gasteiger partial charge on any atom is 0.306 e. The van der Waals surface area contributed by atoms with E-state index >= 15 is 0 Å². The summed E-state index contributed by atoms with van der Waals surface area (Å²) in [6.45, 7) is 6.46. The molecule has 0 N–H and O–H groups in total. The summed E-state index contributed by atoms with van der Waals surface area (Å²) in [4.78, 5) is 38.0. The van der Waals surface area contributed by atoms with Crippen LogP contribution in [0.25, 0.3) is 0 Å². The van der Waals surface area contributed by atoms with E-state index in [2.05, 4.69) is 106 Å². The lowest BCUT2D eigenvalue weighted by molar-refractivity contribution is -0.167. The topological polar surface area (TPSA) is 78.9 Å². The van der Waals surface area contributed by atoms with Gasteiger partial charge in [-0.15, -0.1) is 0 Å². The van der Waals surface area contributed by atoms with Crippen molar-refractivity contribution in [1.82, 2.24) is 0 Å². The zero-order valence-electron chi connectivity index (χ0n) is 48.1. The Balaban J connectivity index is 4.02.